The van der Waals surface area contributed by atoms with Gasteiger partial charge >= 0.3 is 0 Å². The van der Waals surface area contributed by atoms with Crippen molar-refractivity contribution in [1.82, 2.24) is 4.72 Å². The van der Waals surface area contributed by atoms with Gasteiger partial charge in [-0.05, 0) is 33.3 Å². The topological polar surface area (TPSA) is 89.3 Å². The van der Waals surface area contributed by atoms with Crippen molar-refractivity contribution in [3.8, 4) is 0 Å². The maximum absolute atomic E-state index is 12.2. The Morgan fingerprint density at radius 3 is 2.28 bits per heavy atom. The molecule has 0 unspecified atom stereocenters. The highest BCUT2D eigenvalue weighted by molar-refractivity contribution is 7.89. The van der Waals surface area contributed by atoms with Crippen LogP contribution in [0.15, 0.2) is 23.1 Å². The summed E-state index contributed by atoms with van der Waals surface area (Å²) in [4.78, 5) is 9.94. The SMILES string of the molecule is Cc1cccc([N+](=O)[O-])c1S(=O)(=O)NC(C)(C)C. The number of benzene rings is 1. The molecule has 0 aliphatic heterocycles. The van der Waals surface area contributed by atoms with Crippen LogP contribution in [0.5, 0.6) is 0 Å². The summed E-state index contributed by atoms with van der Waals surface area (Å²) in [6.07, 6.45) is 0. The molecule has 1 rings (SSSR count). The van der Waals surface area contributed by atoms with Crippen LogP contribution < -0.4 is 4.72 Å². The van der Waals surface area contributed by atoms with Gasteiger partial charge in [-0.1, -0.05) is 12.1 Å². The molecule has 7 heteroatoms. The summed E-state index contributed by atoms with van der Waals surface area (Å²) in [6.45, 7) is 6.56. The van der Waals surface area contributed by atoms with Crippen LogP contribution in [0, 0.1) is 17.0 Å². The van der Waals surface area contributed by atoms with E-state index in [1.54, 1.807) is 20.8 Å². The largest absolute Gasteiger partial charge is 0.289 e. The highest BCUT2D eigenvalue weighted by atomic mass is 32.2. The van der Waals surface area contributed by atoms with Gasteiger partial charge < -0.3 is 0 Å². The van der Waals surface area contributed by atoms with E-state index in [2.05, 4.69) is 4.72 Å². The minimum absolute atomic E-state index is 0.273. The van der Waals surface area contributed by atoms with E-state index in [1.807, 2.05) is 0 Å². The van der Waals surface area contributed by atoms with Crippen LogP contribution in [0.4, 0.5) is 5.69 Å². The Balaban J connectivity index is 3.46. The first-order valence-electron chi connectivity index (χ1n) is 5.32. The van der Waals surface area contributed by atoms with Crippen molar-refractivity contribution in [3.05, 3.63) is 33.9 Å². The highest BCUT2D eigenvalue weighted by Crippen LogP contribution is 2.27. The molecule has 0 heterocycles. The van der Waals surface area contributed by atoms with Crippen molar-refractivity contribution < 1.29 is 13.3 Å². The van der Waals surface area contributed by atoms with E-state index in [9.17, 15) is 18.5 Å². The molecule has 1 N–H and O–H groups in total. The third kappa shape index (κ3) is 3.27. The number of rotatable bonds is 3. The van der Waals surface area contributed by atoms with Gasteiger partial charge in [0.15, 0.2) is 4.90 Å². The fourth-order valence-electron chi connectivity index (χ4n) is 1.58. The van der Waals surface area contributed by atoms with E-state index >= 15 is 0 Å². The van der Waals surface area contributed by atoms with Gasteiger partial charge in [-0.2, -0.15) is 0 Å². The lowest BCUT2D eigenvalue weighted by Gasteiger charge is -2.20. The van der Waals surface area contributed by atoms with Crippen molar-refractivity contribution in [2.45, 2.75) is 38.1 Å². The molecule has 0 saturated carbocycles. The summed E-state index contributed by atoms with van der Waals surface area (Å²) in [7, 11) is -3.92. The third-order valence-corrected chi connectivity index (χ3v) is 4.05. The molecule has 1 aromatic rings. The predicted molar refractivity (Wildman–Crippen MR) is 67.9 cm³/mol. The van der Waals surface area contributed by atoms with Crippen LogP contribution in [-0.2, 0) is 10.0 Å². The van der Waals surface area contributed by atoms with Gasteiger partial charge in [0.2, 0.25) is 10.0 Å². The number of sulfonamides is 1. The van der Waals surface area contributed by atoms with Crippen molar-refractivity contribution in [2.75, 3.05) is 0 Å². The van der Waals surface area contributed by atoms with Crippen LogP contribution in [0.3, 0.4) is 0 Å². The number of aryl methyl sites for hydroxylation is 1. The molecule has 0 saturated heterocycles. The second-order valence-corrected chi connectivity index (χ2v) is 6.66. The molecule has 0 bridgehead atoms. The molecule has 0 atom stereocenters. The summed E-state index contributed by atoms with van der Waals surface area (Å²) < 4.78 is 26.8. The Bertz CT molecular complexity index is 573. The Morgan fingerprint density at radius 2 is 1.83 bits per heavy atom. The summed E-state index contributed by atoms with van der Waals surface area (Å²) in [5.74, 6) is 0. The van der Waals surface area contributed by atoms with E-state index in [0.717, 1.165) is 0 Å². The summed E-state index contributed by atoms with van der Waals surface area (Å²) in [5, 5.41) is 10.9. The van der Waals surface area contributed by atoms with E-state index in [0.29, 0.717) is 5.56 Å². The molecule has 6 nitrogen and oxygen atoms in total. The van der Waals surface area contributed by atoms with E-state index in [4.69, 9.17) is 0 Å². The second-order valence-electron chi connectivity index (χ2n) is 5.04. The van der Waals surface area contributed by atoms with Crippen LogP contribution >= 0.6 is 0 Å². The van der Waals surface area contributed by atoms with Crippen molar-refractivity contribution in [3.63, 3.8) is 0 Å². The first-order valence-corrected chi connectivity index (χ1v) is 6.81. The Kier molecular flexibility index (Phi) is 3.78. The van der Waals surface area contributed by atoms with Gasteiger partial charge in [0, 0.05) is 11.6 Å². The average molecular weight is 272 g/mol. The highest BCUT2D eigenvalue weighted by Gasteiger charge is 2.30. The predicted octanol–water partition coefficient (Wildman–Crippen LogP) is 1.98. The average Bonchev–Trinajstić information content (AvgIpc) is 2.12. The number of nitrogens with zero attached hydrogens (tertiary/aromatic N) is 1. The third-order valence-electron chi connectivity index (χ3n) is 2.10. The lowest BCUT2D eigenvalue weighted by molar-refractivity contribution is -0.387. The van der Waals surface area contributed by atoms with Gasteiger partial charge in [-0.15, -0.1) is 0 Å². The van der Waals surface area contributed by atoms with Gasteiger partial charge in [-0.25, -0.2) is 13.1 Å². The Hall–Kier alpha value is -1.47. The monoisotopic (exact) mass is 272 g/mol. The number of nitrogens with one attached hydrogen (secondary N) is 1. The molecule has 0 aliphatic rings. The van der Waals surface area contributed by atoms with E-state index in [-0.39, 0.29) is 4.90 Å². The van der Waals surface area contributed by atoms with Gasteiger partial charge in [0.1, 0.15) is 0 Å². The van der Waals surface area contributed by atoms with E-state index < -0.39 is 26.2 Å². The maximum atomic E-state index is 12.2. The molecule has 18 heavy (non-hydrogen) atoms. The van der Waals surface area contributed by atoms with Crippen LogP contribution in [-0.4, -0.2) is 18.9 Å². The zero-order valence-corrected chi connectivity index (χ0v) is 11.5. The summed E-state index contributed by atoms with van der Waals surface area (Å²) in [5.41, 5.74) is -0.762. The molecule has 1 aromatic carbocycles. The fraction of sp³-hybridized carbons (Fsp3) is 0.455. The van der Waals surface area contributed by atoms with Gasteiger partial charge in [0.05, 0.1) is 4.92 Å². The maximum Gasteiger partial charge on any atom is 0.289 e. The first-order chi connectivity index (χ1) is 8.04. The smallest absolute Gasteiger partial charge is 0.258 e. The minimum Gasteiger partial charge on any atom is -0.258 e. The summed E-state index contributed by atoms with van der Waals surface area (Å²) in [6, 6.07) is 4.18. The number of nitro groups is 1. The van der Waals surface area contributed by atoms with Crippen molar-refractivity contribution in [2.24, 2.45) is 0 Å². The molecular formula is C11H16N2O4S. The normalized spacial score (nSPS) is 12.4. The molecule has 0 spiro atoms. The lowest BCUT2D eigenvalue weighted by Crippen LogP contribution is -2.40. The molecule has 0 fully saturated rings. The molecule has 100 valence electrons. The first kappa shape index (κ1) is 14.6. The van der Waals surface area contributed by atoms with Gasteiger partial charge in [0.25, 0.3) is 5.69 Å². The summed E-state index contributed by atoms with van der Waals surface area (Å²) >= 11 is 0. The number of nitro benzene ring substituents is 1. The molecule has 0 amide bonds. The molecule has 0 aromatic heterocycles. The molecule has 0 radical (unpaired) electrons. The number of hydrogen-bond donors (Lipinski definition) is 1. The van der Waals surface area contributed by atoms with E-state index in [1.165, 1.54) is 25.1 Å². The Morgan fingerprint density at radius 1 is 1.28 bits per heavy atom. The zero-order chi connectivity index (χ0) is 14.1. The zero-order valence-electron chi connectivity index (χ0n) is 10.7. The number of hydrogen-bond acceptors (Lipinski definition) is 4. The standard InChI is InChI=1S/C11H16N2O4S/c1-8-6-5-7-9(13(14)15)10(8)18(16,17)12-11(2,3)4/h5-7,12H,1-4H3. The fourth-order valence-corrected chi connectivity index (χ4v) is 3.40. The van der Waals surface area contributed by atoms with Crippen molar-refractivity contribution >= 4 is 15.7 Å². The second kappa shape index (κ2) is 4.66. The van der Waals surface area contributed by atoms with Crippen LogP contribution in [0.2, 0.25) is 0 Å². The Labute approximate surface area is 106 Å². The quantitative estimate of drug-likeness (QED) is 0.673. The van der Waals surface area contributed by atoms with Gasteiger partial charge in [-0.3, -0.25) is 10.1 Å². The van der Waals surface area contributed by atoms with Crippen LogP contribution in [0.25, 0.3) is 0 Å². The van der Waals surface area contributed by atoms with Crippen molar-refractivity contribution in [1.29, 1.82) is 0 Å². The van der Waals surface area contributed by atoms with Crippen LogP contribution in [0.1, 0.15) is 26.3 Å². The molecular weight excluding hydrogens is 256 g/mol. The lowest BCUT2D eigenvalue weighted by atomic mass is 10.1. The molecule has 0 aliphatic carbocycles. The minimum atomic E-state index is -3.92.